The number of nitrogens with one attached hydrogen (secondary N) is 1. The molecule has 1 aromatic heterocycles. The first kappa shape index (κ1) is 11.0. The van der Waals surface area contributed by atoms with Crippen molar-refractivity contribution in [3.05, 3.63) is 23.3 Å². The van der Waals surface area contributed by atoms with E-state index in [1.54, 1.807) is 0 Å². The van der Waals surface area contributed by atoms with Crippen LogP contribution in [0.1, 0.15) is 17.2 Å². The monoisotopic (exact) mass is 221 g/mol. The zero-order chi connectivity index (χ0) is 10.9. The van der Waals surface area contributed by atoms with Crippen molar-refractivity contribution in [1.82, 2.24) is 9.97 Å². The van der Waals surface area contributed by atoms with Crippen molar-refractivity contribution >= 4 is 17.7 Å². The number of halogens is 3. The highest BCUT2D eigenvalue weighted by atomic mass is 32.1. The molecule has 76 valence electrons. The van der Waals surface area contributed by atoms with E-state index in [1.165, 1.54) is 6.92 Å². The van der Waals surface area contributed by atoms with Crippen LogP contribution in [0.3, 0.4) is 0 Å². The molecule has 14 heavy (non-hydrogen) atoms. The number of thiol groups is 1. The molecule has 0 aromatic carbocycles. The Bertz CT molecular complexity index is 375. The average Bonchev–Trinajstić information content (AvgIpc) is 2.01. The van der Waals surface area contributed by atoms with E-state index in [9.17, 15) is 13.2 Å². The lowest BCUT2D eigenvalue weighted by molar-refractivity contribution is -0.141. The molecule has 1 rings (SSSR count). The number of nitrogens with zero attached hydrogens (tertiary/aromatic N) is 2. The zero-order valence-electron chi connectivity index (χ0n) is 7.05. The van der Waals surface area contributed by atoms with Gasteiger partial charge >= 0.3 is 6.18 Å². The summed E-state index contributed by atoms with van der Waals surface area (Å²) in [5.41, 5.74) is -1.19. The summed E-state index contributed by atoms with van der Waals surface area (Å²) in [6.45, 7) is 1.33. The molecule has 0 spiro atoms. The molecule has 0 aliphatic rings. The molecule has 0 saturated heterocycles. The molecular weight excluding hydrogens is 215 g/mol. The second-order valence-electron chi connectivity index (χ2n) is 2.53. The highest BCUT2D eigenvalue weighted by molar-refractivity contribution is 7.97. The Morgan fingerprint density at radius 2 is 2.00 bits per heavy atom. The van der Waals surface area contributed by atoms with Crippen LogP contribution in [0, 0.1) is 12.3 Å². The molecule has 1 aromatic rings. The van der Waals surface area contributed by atoms with Gasteiger partial charge in [0.25, 0.3) is 0 Å². The van der Waals surface area contributed by atoms with Crippen molar-refractivity contribution < 1.29 is 13.2 Å². The fraction of sp³-hybridized carbons (Fsp3) is 0.286. The molecule has 0 bridgehead atoms. The minimum absolute atomic E-state index is 0.0337. The van der Waals surface area contributed by atoms with Crippen LogP contribution in [-0.4, -0.2) is 15.0 Å². The summed E-state index contributed by atoms with van der Waals surface area (Å²) in [6.07, 6.45) is -4.52. The van der Waals surface area contributed by atoms with Crippen molar-refractivity contribution in [3.8, 4) is 0 Å². The van der Waals surface area contributed by atoms with Crippen LogP contribution in [0.2, 0.25) is 0 Å². The molecule has 0 radical (unpaired) electrons. The van der Waals surface area contributed by atoms with Crippen molar-refractivity contribution in [2.45, 2.75) is 13.1 Å². The van der Waals surface area contributed by atoms with Crippen molar-refractivity contribution in [3.63, 3.8) is 0 Å². The summed E-state index contributed by atoms with van der Waals surface area (Å²) in [6, 6.07) is 0.697. The molecule has 0 unspecified atom stereocenters. The van der Waals surface area contributed by atoms with E-state index in [4.69, 9.17) is 5.41 Å². The van der Waals surface area contributed by atoms with Gasteiger partial charge < -0.3 is 0 Å². The molecule has 7 heteroatoms. The average molecular weight is 221 g/mol. The summed E-state index contributed by atoms with van der Waals surface area (Å²) in [4.78, 5) is 6.86. The van der Waals surface area contributed by atoms with Crippen molar-refractivity contribution in [2.75, 3.05) is 0 Å². The molecule has 0 amide bonds. The second-order valence-corrected chi connectivity index (χ2v) is 2.98. The molecule has 0 fully saturated rings. The Morgan fingerprint density at radius 1 is 1.43 bits per heavy atom. The fourth-order valence-corrected chi connectivity index (χ4v) is 0.949. The van der Waals surface area contributed by atoms with E-state index in [-0.39, 0.29) is 16.6 Å². The van der Waals surface area contributed by atoms with Gasteiger partial charge in [-0.15, -0.1) is 12.6 Å². The number of alkyl halides is 3. The second kappa shape index (κ2) is 3.56. The van der Waals surface area contributed by atoms with E-state index in [0.717, 1.165) is 0 Å². The Morgan fingerprint density at radius 3 is 2.43 bits per heavy atom. The highest BCUT2D eigenvalue weighted by Crippen LogP contribution is 2.27. The smallest absolute Gasteiger partial charge is 0.292 e. The number of aryl methyl sites for hydroxylation is 1. The summed E-state index contributed by atoms with van der Waals surface area (Å²) in [7, 11) is 0. The predicted octanol–water partition coefficient (Wildman–Crippen LogP) is 2.06. The minimum Gasteiger partial charge on any atom is -0.292 e. The van der Waals surface area contributed by atoms with E-state index in [0.29, 0.717) is 6.07 Å². The van der Waals surface area contributed by atoms with E-state index in [2.05, 4.69) is 22.6 Å². The maximum absolute atomic E-state index is 12.2. The first-order valence-electron chi connectivity index (χ1n) is 3.51. The molecule has 1 N–H and O–H groups in total. The maximum Gasteiger partial charge on any atom is 0.433 e. The van der Waals surface area contributed by atoms with Gasteiger partial charge in [0, 0.05) is 0 Å². The van der Waals surface area contributed by atoms with Gasteiger partial charge in [0.1, 0.15) is 16.6 Å². The van der Waals surface area contributed by atoms with Gasteiger partial charge in [0.2, 0.25) is 0 Å². The lowest BCUT2D eigenvalue weighted by atomic mass is 10.3. The van der Waals surface area contributed by atoms with Gasteiger partial charge in [-0.1, -0.05) is 0 Å². The largest absolute Gasteiger partial charge is 0.433 e. The van der Waals surface area contributed by atoms with Gasteiger partial charge in [-0.3, -0.25) is 5.41 Å². The molecule has 0 aliphatic carbocycles. The number of rotatable bonds is 1. The summed E-state index contributed by atoms with van der Waals surface area (Å²) in [5.74, 6) is -0.0337. The first-order chi connectivity index (χ1) is 6.30. The predicted molar refractivity (Wildman–Crippen MR) is 47.6 cm³/mol. The normalized spacial score (nSPS) is 11.5. The molecule has 3 nitrogen and oxygen atoms in total. The van der Waals surface area contributed by atoms with Crippen LogP contribution in [0.5, 0.6) is 0 Å². The van der Waals surface area contributed by atoms with Gasteiger partial charge in [0.05, 0.1) is 5.69 Å². The minimum atomic E-state index is -4.52. The van der Waals surface area contributed by atoms with Crippen LogP contribution in [0.4, 0.5) is 13.2 Å². The van der Waals surface area contributed by atoms with E-state index in [1.807, 2.05) is 0 Å². The summed E-state index contributed by atoms with van der Waals surface area (Å²) < 4.78 is 36.7. The number of aromatic nitrogens is 2. The van der Waals surface area contributed by atoms with Gasteiger partial charge in [0.15, 0.2) is 0 Å². The van der Waals surface area contributed by atoms with Crippen LogP contribution in [0.15, 0.2) is 6.07 Å². The Kier molecular flexibility index (Phi) is 2.79. The molecule has 0 atom stereocenters. The summed E-state index contributed by atoms with van der Waals surface area (Å²) >= 11 is 3.60. The van der Waals surface area contributed by atoms with Gasteiger partial charge in [-0.25, -0.2) is 9.97 Å². The topological polar surface area (TPSA) is 49.6 Å². The van der Waals surface area contributed by atoms with Crippen LogP contribution in [0.25, 0.3) is 0 Å². The molecular formula is C7H6F3N3S. The molecule has 1 heterocycles. The highest BCUT2D eigenvalue weighted by Gasteiger charge is 2.33. The Hall–Kier alpha value is -1.11. The van der Waals surface area contributed by atoms with Crippen molar-refractivity contribution in [2.24, 2.45) is 0 Å². The van der Waals surface area contributed by atoms with E-state index >= 15 is 0 Å². The third-order valence-corrected chi connectivity index (χ3v) is 1.60. The SMILES string of the molecule is Cc1nc(C(=N)S)cc(C(F)(F)F)n1. The Labute approximate surface area is 83.3 Å². The quantitative estimate of drug-likeness (QED) is 0.433. The number of hydrogen-bond acceptors (Lipinski definition) is 3. The summed E-state index contributed by atoms with van der Waals surface area (Å²) in [5, 5.41) is 6.72. The lowest BCUT2D eigenvalue weighted by Crippen LogP contribution is -2.12. The number of hydrogen-bond donors (Lipinski definition) is 2. The standard InChI is InChI=1S/C7H6F3N3S/c1-3-12-4(6(11)14)2-5(13-3)7(8,9)10/h2H,1H3,(H2,11,14). The first-order valence-corrected chi connectivity index (χ1v) is 3.96. The van der Waals surface area contributed by atoms with Crippen LogP contribution < -0.4 is 0 Å². The van der Waals surface area contributed by atoms with Crippen LogP contribution >= 0.6 is 12.6 Å². The Balaban J connectivity index is 3.28. The van der Waals surface area contributed by atoms with Gasteiger partial charge in [-0.05, 0) is 13.0 Å². The van der Waals surface area contributed by atoms with Gasteiger partial charge in [-0.2, -0.15) is 13.2 Å². The van der Waals surface area contributed by atoms with E-state index < -0.39 is 11.9 Å². The third-order valence-electron chi connectivity index (χ3n) is 1.37. The lowest BCUT2D eigenvalue weighted by Gasteiger charge is -2.07. The van der Waals surface area contributed by atoms with Crippen LogP contribution in [-0.2, 0) is 6.18 Å². The third kappa shape index (κ3) is 2.44. The zero-order valence-corrected chi connectivity index (χ0v) is 7.95. The molecule has 0 aliphatic heterocycles. The fourth-order valence-electron chi connectivity index (χ4n) is 0.834. The molecule has 0 saturated carbocycles. The maximum atomic E-state index is 12.2. The van der Waals surface area contributed by atoms with Crippen molar-refractivity contribution in [1.29, 1.82) is 5.41 Å².